The van der Waals surface area contributed by atoms with Crippen LogP contribution in [0, 0.1) is 6.92 Å². The fourth-order valence-corrected chi connectivity index (χ4v) is 3.88. The van der Waals surface area contributed by atoms with Crippen molar-refractivity contribution in [2.45, 2.75) is 20.4 Å². The van der Waals surface area contributed by atoms with Gasteiger partial charge in [0.05, 0.1) is 24.1 Å². The van der Waals surface area contributed by atoms with E-state index in [2.05, 4.69) is 15.7 Å². The zero-order valence-electron chi connectivity index (χ0n) is 15.3. The summed E-state index contributed by atoms with van der Waals surface area (Å²) in [5.41, 5.74) is 3.16. The number of carbonyl (C=O) groups excluding carboxylic acids is 1. The number of benzene rings is 1. The van der Waals surface area contributed by atoms with Gasteiger partial charge in [-0.1, -0.05) is 30.3 Å². The summed E-state index contributed by atoms with van der Waals surface area (Å²) < 4.78 is 6.75. The van der Waals surface area contributed by atoms with Gasteiger partial charge in [0.25, 0.3) is 0 Å². The maximum atomic E-state index is 12.2. The molecule has 0 aliphatic rings. The number of thiophene rings is 1. The number of hydrogen-bond donors (Lipinski definition) is 2. The number of hydrogen-bond acceptors (Lipinski definition) is 5. The first-order valence-corrected chi connectivity index (χ1v) is 9.64. The lowest BCUT2D eigenvalue weighted by molar-refractivity contribution is 0.0602. The Bertz CT molecular complexity index is 964. The van der Waals surface area contributed by atoms with E-state index < -0.39 is 5.97 Å². The highest BCUT2D eigenvalue weighted by atomic mass is 32.1. The van der Waals surface area contributed by atoms with Crippen molar-refractivity contribution in [2.75, 3.05) is 17.7 Å². The number of thiocarbonyl (C=S) groups is 1. The first-order chi connectivity index (χ1) is 13.0. The van der Waals surface area contributed by atoms with Gasteiger partial charge in [0.15, 0.2) is 5.11 Å². The predicted octanol–water partition coefficient (Wildman–Crippen LogP) is 4.54. The SMILES string of the molecule is CCn1cc(NC(=S)Nc2sc(-c3ccccc3)cc2C(=O)OC)c(C)n1. The Kier molecular flexibility index (Phi) is 5.88. The van der Waals surface area contributed by atoms with Crippen LogP contribution in [0.25, 0.3) is 10.4 Å². The molecular formula is C19H20N4O2S2. The number of nitrogens with zero attached hydrogens (tertiary/aromatic N) is 2. The Morgan fingerprint density at radius 3 is 2.67 bits per heavy atom. The van der Waals surface area contributed by atoms with E-state index in [1.54, 1.807) is 0 Å². The van der Waals surface area contributed by atoms with Crippen LogP contribution in [0.5, 0.6) is 0 Å². The number of carbonyl (C=O) groups is 1. The maximum Gasteiger partial charge on any atom is 0.340 e. The van der Waals surface area contributed by atoms with Crippen molar-refractivity contribution in [3.05, 3.63) is 53.9 Å². The molecule has 0 atom stereocenters. The Morgan fingerprint density at radius 2 is 2.04 bits per heavy atom. The number of rotatable bonds is 5. The van der Waals surface area contributed by atoms with E-state index >= 15 is 0 Å². The molecule has 0 unspecified atom stereocenters. The van der Waals surface area contributed by atoms with Crippen LogP contribution in [0.15, 0.2) is 42.6 Å². The number of aromatic nitrogens is 2. The largest absolute Gasteiger partial charge is 0.465 e. The number of anilines is 2. The zero-order valence-corrected chi connectivity index (χ0v) is 16.9. The average Bonchev–Trinajstić information content (AvgIpc) is 3.25. The second-order valence-electron chi connectivity index (χ2n) is 5.77. The van der Waals surface area contributed by atoms with Crippen LogP contribution in [0.4, 0.5) is 10.7 Å². The summed E-state index contributed by atoms with van der Waals surface area (Å²) in [6.07, 6.45) is 1.90. The topological polar surface area (TPSA) is 68.2 Å². The summed E-state index contributed by atoms with van der Waals surface area (Å²) in [6.45, 7) is 4.71. The molecule has 0 saturated carbocycles. The molecule has 0 saturated heterocycles. The number of methoxy groups -OCH3 is 1. The van der Waals surface area contributed by atoms with Crippen molar-refractivity contribution in [1.82, 2.24) is 9.78 Å². The molecular weight excluding hydrogens is 380 g/mol. The van der Waals surface area contributed by atoms with E-state index in [0.29, 0.717) is 15.7 Å². The van der Waals surface area contributed by atoms with Gasteiger partial charge in [0.2, 0.25) is 0 Å². The molecule has 0 aliphatic carbocycles. The fraction of sp³-hybridized carbons (Fsp3) is 0.211. The van der Waals surface area contributed by atoms with E-state index in [9.17, 15) is 4.79 Å². The third-order valence-corrected chi connectivity index (χ3v) is 5.24. The van der Waals surface area contributed by atoms with Gasteiger partial charge in [0.1, 0.15) is 5.00 Å². The Labute approximate surface area is 167 Å². The summed E-state index contributed by atoms with van der Waals surface area (Å²) >= 11 is 6.88. The standard InChI is InChI=1S/C19H20N4O2S2/c1-4-23-11-15(12(2)22-23)20-19(26)21-17-14(18(24)25-3)10-16(27-17)13-8-6-5-7-9-13/h5-11H,4H2,1-3H3,(H2,20,21,26). The lowest BCUT2D eigenvalue weighted by Gasteiger charge is -2.09. The molecule has 3 rings (SSSR count). The summed E-state index contributed by atoms with van der Waals surface area (Å²) in [4.78, 5) is 13.1. The van der Waals surface area contributed by atoms with Gasteiger partial charge >= 0.3 is 5.97 Å². The third-order valence-electron chi connectivity index (χ3n) is 3.94. The van der Waals surface area contributed by atoms with Crippen molar-refractivity contribution >= 4 is 45.3 Å². The minimum absolute atomic E-state index is 0.389. The predicted molar refractivity (Wildman–Crippen MR) is 114 cm³/mol. The normalized spacial score (nSPS) is 10.5. The highest BCUT2D eigenvalue weighted by Crippen LogP contribution is 2.36. The Hall–Kier alpha value is -2.71. The lowest BCUT2D eigenvalue weighted by Crippen LogP contribution is -2.20. The van der Waals surface area contributed by atoms with Crippen molar-refractivity contribution < 1.29 is 9.53 Å². The van der Waals surface area contributed by atoms with Gasteiger partial charge in [0, 0.05) is 17.6 Å². The molecule has 140 valence electrons. The molecule has 0 spiro atoms. The van der Waals surface area contributed by atoms with Gasteiger partial charge in [-0.3, -0.25) is 4.68 Å². The molecule has 2 heterocycles. The second-order valence-corrected chi connectivity index (χ2v) is 7.23. The van der Waals surface area contributed by atoms with Crippen LogP contribution >= 0.6 is 23.6 Å². The first-order valence-electron chi connectivity index (χ1n) is 8.41. The fourth-order valence-electron chi connectivity index (χ4n) is 2.55. The van der Waals surface area contributed by atoms with Gasteiger partial charge in [-0.15, -0.1) is 11.3 Å². The van der Waals surface area contributed by atoms with Crippen LogP contribution in [0.3, 0.4) is 0 Å². The quantitative estimate of drug-likeness (QED) is 0.484. The first kappa shape index (κ1) is 19.1. The lowest BCUT2D eigenvalue weighted by atomic mass is 10.1. The van der Waals surface area contributed by atoms with Crippen LogP contribution in [-0.4, -0.2) is 28.0 Å². The molecule has 3 aromatic rings. The molecule has 0 radical (unpaired) electrons. The molecule has 0 bridgehead atoms. The molecule has 8 heteroatoms. The van der Waals surface area contributed by atoms with E-state index in [0.717, 1.165) is 28.4 Å². The highest BCUT2D eigenvalue weighted by Gasteiger charge is 2.19. The highest BCUT2D eigenvalue weighted by molar-refractivity contribution is 7.80. The van der Waals surface area contributed by atoms with Crippen molar-refractivity contribution in [2.24, 2.45) is 0 Å². The molecule has 0 amide bonds. The minimum Gasteiger partial charge on any atom is -0.465 e. The van der Waals surface area contributed by atoms with Crippen LogP contribution in [0.2, 0.25) is 0 Å². The van der Waals surface area contributed by atoms with Crippen molar-refractivity contribution in [1.29, 1.82) is 0 Å². The zero-order chi connectivity index (χ0) is 19.4. The van der Waals surface area contributed by atoms with Gasteiger partial charge in [-0.05, 0) is 37.7 Å². The van der Waals surface area contributed by atoms with Crippen LogP contribution in [0.1, 0.15) is 23.0 Å². The van der Waals surface area contributed by atoms with Gasteiger partial charge in [-0.25, -0.2) is 4.79 Å². The van der Waals surface area contributed by atoms with Crippen molar-refractivity contribution in [3.63, 3.8) is 0 Å². The summed E-state index contributed by atoms with van der Waals surface area (Å²) in [5.74, 6) is -0.409. The minimum atomic E-state index is -0.409. The molecule has 1 aromatic carbocycles. The second kappa shape index (κ2) is 8.32. The van der Waals surface area contributed by atoms with E-state index in [1.807, 2.05) is 61.1 Å². The molecule has 2 aromatic heterocycles. The molecule has 0 fully saturated rings. The summed E-state index contributed by atoms with van der Waals surface area (Å²) in [7, 11) is 1.37. The van der Waals surface area contributed by atoms with E-state index in [4.69, 9.17) is 17.0 Å². The smallest absolute Gasteiger partial charge is 0.340 e. The molecule has 27 heavy (non-hydrogen) atoms. The molecule has 6 nitrogen and oxygen atoms in total. The van der Waals surface area contributed by atoms with Crippen LogP contribution < -0.4 is 10.6 Å². The van der Waals surface area contributed by atoms with Crippen molar-refractivity contribution in [3.8, 4) is 10.4 Å². The Morgan fingerprint density at radius 1 is 1.30 bits per heavy atom. The third kappa shape index (κ3) is 4.35. The van der Waals surface area contributed by atoms with E-state index in [1.165, 1.54) is 18.4 Å². The number of aryl methyl sites for hydroxylation is 2. The van der Waals surface area contributed by atoms with E-state index in [-0.39, 0.29) is 0 Å². The van der Waals surface area contributed by atoms with Gasteiger partial charge in [-0.2, -0.15) is 5.10 Å². The average molecular weight is 401 g/mol. The summed E-state index contributed by atoms with van der Waals surface area (Å²) in [6, 6.07) is 11.7. The van der Waals surface area contributed by atoms with Gasteiger partial charge < -0.3 is 15.4 Å². The number of esters is 1. The van der Waals surface area contributed by atoms with Crippen LogP contribution in [-0.2, 0) is 11.3 Å². The monoisotopic (exact) mass is 400 g/mol. The Balaban J connectivity index is 1.84. The maximum absolute atomic E-state index is 12.2. The number of nitrogens with one attached hydrogen (secondary N) is 2. The molecule has 2 N–H and O–H groups in total. The number of ether oxygens (including phenoxy) is 1. The summed E-state index contributed by atoms with van der Waals surface area (Å²) in [5, 5.41) is 11.7. The molecule has 0 aliphatic heterocycles.